The van der Waals surface area contributed by atoms with Gasteiger partial charge >= 0.3 is 5.97 Å². The Labute approximate surface area is 118 Å². The summed E-state index contributed by atoms with van der Waals surface area (Å²) in [6, 6.07) is 8.40. The molecule has 19 heavy (non-hydrogen) atoms. The Morgan fingerprint density at radius 1 is 1.26 bits per heavy atom. The predicted octanol–water partition coefficient (Wildman–Crippen LogP) is 2.22. The third kappa shape index (κ3) is 3.29. The normalized spacial score (nSPS) is 10.2. The lowest BCUT2D eigenvalue weighted by Crippen LogP contribution is -2.16. The number of halogens is 1. The summed E-state index contributed by atoms with van der Waals surface area (Å²) < 4.78 is 7.23. The number of carbonyl (C=O) groups is 2. The van der Waals surface area contributed by atoms with Crippen LogP contribution in [-0.4, -0.2) is 28.1 Å². The first-order chi connectivity index (χ1) is 9.08. The fraction of sp³-hybridized carbons (Fsp3) is 0.154. The molecule has 2 aromatic rings. The minimum absolute atomic E-state index is 0.247. The summed E-state index contributed by atoms with van der Waals surface area (Å²) in [5.74, 6) is -0.812. The number of carbonyl (C=O) groups excluding carboxylic acids is 2. The van der Waals surface area contributed by atoms with Gasteiger partial charge < -0.3 is 4.74 Å². The van der Waals surface area contributed by atoms with Gasteiger partial charge in [-0.1, -0.05) is 28.1 Å². The van der Waals surface area contributed by atoms with Gasteiger partial charge in [0.05, 0.1) is 0 Å². The number of esters is 1. The number of ketones is 1. The van der Waals surface area contributed by atoms with E-state index in [1.54, 1.807) is 31.3 Å². The first kappa shape index (κ1) is 13.5. The van der Waals surface area contributed by atoms with Crippen molar-refractivity contribution < 1.29 is 14.3 Å². The van der Waals surface area contributed by atoms with Crippen molar-refractivity contribution in [3.63, 3.8) is 0 Å². The molecule has 0 aliphatic rings. The number of rotatable bonds is 4. The molecule has 0 bridgehead atoms. The SMILES string of the molecule is Cn1nccc1C(=O)OCC(=O)c1ccc(Br)cc1. The number of ether oxygens (including phenoxy) is 1. The van der Waals surface area contributed by atoms with Crippen molar-refractivity contribution in [3.05, 3.63) is 52.3 Å². The van der Waals surface area contributed by atoms with Gasteiger partial charge in [-0.05, 0) is 18.2 Å². The van der Waals surface area contributed by atoms with Crippen LogP contribution in [0.15, 0.2) is 41.0 Å². The van der Waals surface area contributed by atoms with Crippen LogP contribution < -0.4 is 0 Å². The fourth-order valence-corrected chi connectivity index (χ4v) is 1.76. The summed E-state index contributed by atoms with van der Waals surface area (Å²) in [6.45, 7) is -0.286. The predicted molar refractivity (Wildman–Crippen MR) is 72.0 cm³/mol. The molecule has 0 amide bonds. The molecule has 0 radical (unpaired) electrons. The maximum atomic E-state index is 11.8. The van der Waals surface area contributed by atoms with Crippen molar-refractivity contribution in [1.29, 1.82) is 0 Å². The maximum absolute atomic E-state index is 11.8. The van der Waals surface area contributed by atoms with E-state index in [4.69, 9.17) is 4.74 Å². The molecule has 0 spiro atoms. The molecule has 98 valence electrons. The second-order valence-electron chi connectivity index (χ2n) is 3.85. The molecule has 0 saturated heterocycles. The Balaban J connectivity index is 1.96. The minimum atomic E-state index is -0.564. The Morgan fingerprint density at radius 2 is 1.95 bits per heavy atom. The molecule has 1 aromatic carbocycles. The molecule has 2 rings (SSSR count). The molecule has 5 nitrogen and oxygen atoms in total. The second-order valence-corrected chi connectivity index (χ2v) is 4.76. The smallest absolute Gasteiger partial charge is 0.357 e. The number of nitrogens with zero attached hydrogens (tertiary/aromatic N) is 2. The fourth-order valence-electron chi connectivity index (χ4n) is 1.50. The molecule has 0 unspecified atom stereocenters. The van der Waals surface area contributed by atoms with Crippen molar-refractivity contribution in [3.8, 4) is 0 Å². The van der Waals surface area contributed by atoms with E-state index in [1.165, 1.54) is 16.9 Å². The standard InChI is InChI=1S/C13H11BrN2O3/c1-16-11(6-7-15-16)13(18)19-8-12(17)9-2-4-10(14)5-3-9/h2-7H,8H2,1H3. The third-order valence-corrected chi connectivity index (χ3v) is 3.06. The second kappa shape index (κ2) is 5.79. The molecule has 0 N–H and O–H groups in total. The van der Waals surface area contributed by atoms with Gasteiger partial charge in [0, 0.05) is 23.3 Å². The van der Waals surface area contributed by atoms with Crippen LogP contribution in [-0.2, 0) is 11.8 Å². The van der Waals surface area contributed by atoms with E-state index in [0.717, 1.165) is 4.47 Å². The van der Waals surface area contributed by atoms with Gasteiger partial charge in [-0.15, -0.1) is 0 Å². The lowest BCUT2D eigenvalue weighted by Gasteiger charge is -2.04. The van der Waals surface area contributed by atoms with Crippen molar-refractivity contribution in [1.82, 2.24) is 9.78 Å². The number of aryl methyl sites for hydroxylation is 1. The Morgan fingerprint density at radius 3 is 2.53 bits per heavy atom. The highest BCUT2D eigenvalue weighted by Crippen LogP contribution is 2.11. The minimum Gasteiger partial charge on any atom is -0.453 e. The summed E-state index contributed by atoms with van der Waals surface area (Å²) in [5.41, 5.74) is 0.810. The highest BCUT2D eigenvalue weighted by atomic mass is 79.9. The first-order valence-electron chi connectivity index (χ1n) is 5.52. The van der Waals surface area contributed by atoms with Gasteiger partial charge in [-0.3, -0.25) is 9.48 Å². The summed E-state index contributed by atoms with van der Waals surface area (Å²) in [6.07, 6.45) is 1.49. The van der Waals surface area contributed by atoms with Crippen LogP contribution in [0.2, 0.25) is 0 Å². The van der Waals surface area contributed by atoms with Gasteiger partial charge in [0.15, 0.2) is 12.4 Å². The lowest BCUT2D eigenvalue weighted by atomic mass is 10.1. The number of benzene rings is 1. The van der Waals surface area contributed by atoms with Gasteiger partial charge in [0.25, 0.3) is 0 Å². The molecule has 0 aliphatic heterocycles. The number of hydrogen-bond acceptors (Lipinski definition) is 4. The summed E-state index contributed by atoms with van der Waals surface area (Å²) >= 11 is 3.28. The van der Waals surface area contributed by atoms with Gasteiger partial charge in [-0.25, -0.2) is 4.79 Å². The highest BCUT2D eigenvalue weighted by Gasteiger charge is 2.14. The molecule has 0 aliphatic carbocycles. The van der Waals surface area contributed by atoms with E-state index in [2.05, 4.69) is 21.0 Å². The zero-order valence-electron chi connectivity index (χ0n) is 10.2. The number of hydrogen-bond donors (Lipinski definition) is 0. The summed E-state index contributed by atoms with van der Waals surface area (Å²) in [5, 5.41) is 3.86. The van der Waals surface area contributed by atoms with Crippen LogP contribution in [0.5, 0.6) is 0 Å². The number of Topliss-reactive ketones (excluding diaryl/α,β-unsaturated/α-hetero) is 1. The lowest BCUT2D eigenvalue weighted by molar-refractivity contribution is 0.0464. The molecule has 1 aromatic heterocycles. The first-order valence-corrected chi connectivity index (χ1v) is 6.31. The van der Waals surface area contributed by atoms with Crippen LogP contribution in [0, 0.1) is 0 Å². The van der Waals surface area contributed by atoms with Gasteiger partial charge in [0.1, 0.15) is 5.69 Å². The van der Waals surface area contributed by atoms with Crippen LogP contribution >= 0.6 is 15.9 Å². The van der Waals surface area contributed by atoms with Crippen molar-refractivity contribution >= 4 is 27.7 Å². The van der Waals surface area contributed by atoms with Crippen molar-refractivity contribution in [2.24, 2.45) is 7.05 Å². The third-order valence-electron chi connectivity index (χ3n) is 2.53. The average molecular weight is 323 g/mol. The van der Waals surface area contributed by atoms with Crippen LogP contribution in [0.25, 0.3) is 0 Å². The topological polar surface area (TPSA) is 61.2 Å². The zero-order chi connectivity index (χ0) is 13.8. The monoisotopic (exact) mass is 322 g/mol. The van der Waals surface area contributed by atoms with E-state index in [0.29, 0.717) is 11.3 Å². The molecule has 0 saturated carbocycles. The van der Waals surface area contributed by atoms with Crippen LogP contribution in [0.3, 0.4) is 0 Å². The molecule has 0 fully saturated rings. The van der Waals surface area contributed by atoms with E-state index in [9.17, 15) is 9.59 Å². The van der Waals surface area contributed by atoms with Gasteiger partial charge in [0.2, 0.25) is 0 Å². The number of aromatic nitrogens is 2. The maximum Gasteiger partial charge on any atom is 0.357 e. The quantitative estimate of drug-likeness (QED) is 0.639. The average Bonchev–Trinajstić information content (AvgIpc) is 2.83. The van der Waals surface area contributed by atoms with Crippen LogP contribution in [0.4, 0.5) is 0 Å². The molecular formula is C13H11BrN2O3. The van der Waals surface area contributed by atoms with Crippen molar-refractivity contribution in [2.45, 2.75) is 0 Å². The summed E-state index contributed by atoms with van der Waals surface area (Å²) in [4.78, 5) is 23.5. The van der Waals surface area contributed by atoms with Gasteiger partial charge in [-0.2, -0.15) is 5.10 Å². The molecule has 1 heterocycles. The molecular weight excluding hydrogens is 312 g/mol. The van der Waals surface area contributed by atoms with E-state index in [1.807, 2.05) is 0 Å². The van der Waals surface area contributed by atoms with E-state index < -0.39 is 5.97 Å². The van der Waals surface area contributed by atoms with Crippen LogP contribution in [0.1, 0.15) is 20.8 Å². The van der Waals surface area contributed by atoms with E-state index >= 15 is 0 Å². The highest BCUT2D eigenvalue weighted by molar-refractivity contribution is 9.10. The molecule has 0 atom stereocenters. The van der Waals surface area contributed by atoms with E-state index in [-0.39, 0.29) is 12.4 Å². The summed E-state index contributed by atoms with van der Waals surface area (Å²) in [7, 11) is 1.63. The largest absolute Gasteiger partial charge is 0.453 e. The Hall–Kier alpha value is -1.95. The van der Waals surface area contributed by atoms with Crippen molar-refractivity contribution in [2.75, 3.05) is 6.61 Å². The molecule has 6 heteroatoms. The Bertz CT molecular complexity index is 605. The zero-order valence-corrected chi connectivity index (χ0v) is 11.8. The Kier molecular flexibility index (Phi) is 4.11.